The Balaban J connectivity index is 0.000000275. The molecule has 2 aromatic rings. The molecule has 40 heavy (non-hydrogen) atoms. The number of rotatable bonds is 16. The summed E-state index contributed by atoms with van der Waals surface area (Å²) < 4.78 is 8.84. The molecule has 3 N–H and O–H groups in total. The summed E-state index contributed by atoms with van der Waals surface area (Å²) in [6, 6.07) is 4.61. The molecule has 0 radical (unpaired) electrons. The van der Waals surface area contributed by atoms with Gasteiger partial charge in [-0.05, 0) is 77.3 Å². The highest BCUT2D eigenvalue weighted by molar-refractivity contribution is 8.01. The molecule has 3 heterocycles. The maximum Gasteiger partial charge on any atom is 0.178 e. The number of nitrogens with zero attached hydrogens (tertiary/aromatic N) is 4. The Hall–Kier alpha value is -2.18. The fraction of sp³-hybridized carbons (Fsp3) is 0.621. The zero-order chi connectivity index (χ0) is 29.0. The van der Waals surface area contributed by atoms with Crippen molar-refractivity contribution in [3.8, 4) is 0 Å². The van der Waals surface area contributed by atoms with E-state index in [4.69, 9.17) is 4.74 Å². The zero-order valence-corrected chi connectivity index (χ0v) is 26.3. The van der Waals surface area contributed by atoms with E-state index in [9.17, 15) is 4.79 Å². The smallest absolute Gasteiger partial charge is 0.178 e. The minimum Gasteiger partial charge on any atom is -0.355 e. The predicted molar refractivity (Wildman–Crippen MR) is 171 cm³/mol. The molecule has 1 aliphatic heterocycles. The van der Waals surface area contributed by atoms with E-state index in [-0.39, 0.29) is 6.23 Å². The Bertz CT molecular complexity index is 1030. The van der Waals surface area contributed by atoms with Crippen molar-refractivity contribution in [1.82, 2.24) is 20.6 Å². The highest BCUT2D eigenvalue weighted by Gasteiger charge is 2.22. The van der Waals surface area contributed by atoms with Crippen molar-refractivity contribution < 1.29 is 9.53 Å². The maximum absolute atomic E-state index is 10.5. The number of aliphatic imine (C=N–C) groups is 2. The first-order valence-electron chi connectivity index (χ1n) is 14.5. The van der Waals surface area contributed by atoms with Crippen molar-refractivity contribution >= 4 is 47.2 Å². The van der Waals surface area contributed by atoms with Gasteiger partial charge in [-0.3, -0.25) is 14.8 Å². The van der Waals surface area contributed by atoms with Crippen LogP contribution in [-0.4, -0.2) is 73.4 Å². The normalized spacial score (nSPS) is 16.6. The van der Waals surface area contributed by atoms with Crippen LogP contribution in [0.5, 0.6) is 0 Å². The molecule has 2 unspecified atom stereocenters. The highest BCUT2D eigenvalue weighted by Crippen LogP contribution is 2.34. The van der Waals surface area contributed by atoms with Gasteiger partial charge < -0.3 is 20.1 Å². The van der Waals surface area contributed by atoms with Gasteiger partial charge >= 0.3 is 0 Å². The monoisotopic (exact) mass is 589 g/mol. The second-order valence-corrected chi connectivity index (χ2v) is 11.3. The molecule has 1 aliphatic carbocycles. The van der Waals surface area contributed by atoms with Crippen molar-refractivity contribution in [2.75, 3.05) is 38.5 Å². The maximum atomic E-state index is 10.5. The van der Waals surface area contributed by atoms with Crippen LogP contribution in [0.2, 0.25) is 0 Å². The fourth-order valence-electron chi connectivity index (χ4n) is 3.81. The number of carbonyl (C=O) groups excluding carboxylic acids is 1. The summed E-state index contributed by atoms with van der Waals surface area (Å²) >= 11 is 3.15. The van der Waals surface area contributed by atoms with Crippen molar-refractivity contribution in [2.24, 2.45) is 9.98 Å². The van der Waals surface area contributed by atoms with Crippen LogP contribution in [0.3, 0.4) is 0 Å². The van der Waals surface area contributed by atoms with Crippen LogP contribution in [0, 0.1) is 0 Å². The predicted octanol–water partition coefficient (Wildman–Crippen LogP) is 5.95. The molecule has 0 aromatic carbocycles. The van der Waals surface area contributed by atoms with Gasteiger partial charge in [0.1, 0.15) is 0 Å². The number of ether oxygens (including phenoxy) is 1. The van der Waals surface area contributed by atoms with Gasteiger partial charge in [0, 0.05) is 42.2 Å². The summed E-state index contributed by atoms with van der Waals surface area (Å²) in [6.45, 7) is 8.21. The Morgan fingerprint density at radius 2 is 1.98 bits per heavy atom. The summed E-state index contributed by atoms with van der Waals surface area (Å²) in [4.78, 5) is 28.4. The quantitative estimate of drug-likeness (QED) is 0.125. The summed E-state index contributed by atoms with van der Waals surface area (Å²) in [7, 11) is 4.05. The molecule has 1 saturated carbocycles. The second kappa shape index (κ2) is 20.7. The van der Waals surface area contributed by atoms with Crippen LogP contribution in [0.1, 0.15) is 92.1 Å². The Morgan fingerprint density at radius 1 is 1.18 bits per heavy atom. The lowest BCUT2D eigenvalue weighted by molar-refractivity contribution is 0.0757. The van der Waals surface area contributed by atoms with E-state index in [0.717, 1.165) is 40.8 Å². The zero-order valence-electron chi connectivity index (χ0n) is 24.7. The Kier molecular flexibility index (Phi) is 17.6. The number of thiazole rings is 1. The summed E-state index contributed by atoms with van der Waals surface area (Å²) in [5.41, 5.74) is 3.06. The van der Waals surface area contributed by atoms with E-state index in [1.165, 1.54) is 55.5 Å². The number of aromatic nitrogens is 2. The van der Waals surface area contributed by atoms with Gasteiger partial charge in [-0.25, -0.2) is 9.98 Å². The summed E-state index contributed by atoms with van der Waals surface area (Å²) in [5, 5.41) is 7.88. The SMILES string of the molecule is CC.CCOC1CN=CC(c2cnc(C=O)s2)=N1.CNCCCCCCC(NC)c1cc(NSC2CC2)ccn1. The summed E-state index contributed by atoms with van der Waals surface area (Å²) in [6.07, 6.45) is 14.8. The van der Waals surface area contributed by atoms with Crippen LogP contribution in [0.25, 0.3) is 0 Å². The first-order chi connectivity index (χ1) is 19.7. The van der Waals surface area contributed by atoms with Crippen molar-refractivity contribution in [3.05, 3.63) is 40.1 Å². The Labute approximate surface area is 248 Å². The minimum absolute atomic E-state index is 0.216. The number of nitrogens with one attached hydrogen (secondary N) is 3. The van der Waals surface area contributed by atoms with E-state index in [1.54, 1.807) is 12.4 Å². The number of hydrogen-bond acceptors (Lipinski definition) is 11. The number of unbranched alkanes of at least 4 members (excludes halogenated alkanes) is 3. The van der Waals surface area contributed by atoms with Crippen LogP contribution < -0.4 is 15.4 Å². The number of aldehydes is 1. The van der Waals surface area contributed by atoms with Crippen molar-refractivity contribution in [1.29, 1.82) is 0 Å². The first-order valence-corrected chi connectivity index (χ1v) is 16.2. The Morgan fingerprint density at radius 3 is 2.65 bits per heavy atom. The number of carbonyl (C=O) groups is 1. The number of anilines is 1. The molecule has 4 rings (SSSR count). The van der Waals surface area contributed by atoms with Crippen LogP contribution in [0.4, 0.5) is 5.69 Å². The molecule has 9 nitrogen and oxygen atoms in total. The largest absolute Gasteiger partial charge is 0.355 e. The molecule has 2 atom stereocenters. The molecule has 0 saturated heterocycles. The van der Waals surface area contributed by atoms with Gasteiger partial charge in [-0.1, -0.05) is 33.1 Å². The van der Waals surface area contributed by atoms with Crippen LogP contribution in [-0.2, 0) is 4.74 Å². The number of pyridine rings is 1. The van der Waals surface area contributed by atoms with Gasteiger partial charge in [-0.2, -0.15) is 0 Å². The lowest BCUT2D eigenvalue weighted by Crippen LogP contribution is -2.21. The lowest BCUT2D eigenvalue weighted by Gasteiger charge is -2.16. The van der Waals surface area contributed by atoms with E-state index in [1.807, 2.05) is 53.0 Å². The average Bonchev–Trinajstić information content (AvgIpc) is 3.71. The van der Waals surface area contributed by atoms with Gasteiger partial charge in [0.25, 0.3) is 0 Å². The van der Waals surface area contributed by atoms with E-state index in [2.05, 4.69) is 47.4 Å². The third kappa shape index (κ3) is 13.0. The average molecular weight is 590 g/mol. The fourth-order valence-corrected chi connectivity index (χ4v) is 5.31. The van der Waals surface area contributed by atoms with E-state index < -0.39 is 0 Å². The second-order valence-electron chi connectivity index (χ2n) is 9.14. The summed E-state index contributed by atoms with van der Waals surface area (Å²) in [5.74, 6) is 0. The van der Waals surface area contributed by atoms with Gasteiger partial charge in [0.05, 0.1) is 22.8 Å². The van der Waals surface area contributed by atoms with Crippen LogP contribution in [0.15, 0.2) is 34.5 Å². The highest BCUT2D eigenvalue weighted by atomic mass is 32.2. The lowest BCUT2D eigenvalue weighted by atomic mass is 10.0. The van der Waals surface area contributed by atoms with E-state index in [0.29, 0.717) is 24.2 Å². The third-order valence-corrected chi connectivity index (χ3v) is 8.12. The van der Waals surface area contributed by atoms with E-state index >= 15 is 0 Å². The molecule has 0 spiro atoms. The molecule has 2 aliphatic rings. The third-order valence-electron chi connectivity index (χ3n) is 6.02. The first kappa shape index (κ1) is 34.0. The standard InChI is InChI=1S/C17H30N4S.C10H11N3O2S.C2H6/c1-18-11-6-4-3-5-7-16(19-2)17-13-14(10-12-20-17)21-22-15-8-9-15;1-2-15-9-5-11-3-7(13-9)8-4-12-10(6-14)16-8;1-2/h10,12-13,15-16,18-19H,3-9,11H2,1-2H3,(H,20,21);3-4,6,9H,2,5H2,1H3;1-2H3. The molecular weight excluding hydrogens is 543 g/mol. The molecule has 0 amide bonds. The van der Waals surface area contributed by atoms with Gasteiger partial charge in [0.2, 0.25) is 0 Å². The van der Waals surface area contributed by atoms with Crippen molar-refractivity contribution in [3.63, 3.8) is 0 Å². The molecule has 11 heteroatoms. The van der Waals surface area contributed by atoms with Crippen molar-refractivity contribution in [2.45, 2.75) is 83.2 Å². The molecule has 222 valence electrons. The van der Waals surface area contributed by atoms with Gasteiger partial charge in [-0.15, -0.1) is 11.3 Å². The van der Waals surface area contributed by atoms with Gasteiger partial charge in [0.15, 0.2) is 17.5 Å². The molecule has 1 fully saturated rings. The molecule has 2 aromatic heterocycles. The number of hydrogen-bond donors (Lipinski definition) is 3. The molecule has 0 bridgehead atoms. The topological polar surface area (TPSA) is 113 Å². The minimum atomic E-state index is -0.216. The molecular formula is C29H47N7O2S2. The van der Waals surface area contributed by atoms with Crippen LogP contribution >= 0.6 is 23.3 Å².